The third-order valence-corrected chi connectivity index (χ3v) is 2.46. The maximum atomic E-state index is 5.60. The van der Waals surface area contributed by atoms with Gasteiger partial charge in [0, 0.05) is 19.7 Å². The van der Waals surface area contributed by atoms with Crippen LogP contribution in [-0.2, 0) is 4.74 Å². The van der Waals surface area contributed by atoms with Crippen LogP contribution in [0.3, 0.4) is 0 Å². The Hall–Kier alpha value is -1.29. The molecule has 1 atom stereocenters. The first-order valence-corrected chi connectivity index (χ1v) is 5.25. The van der Waals surface area contributed by atoms with Crippen LogP contribution in [0.5, 0.6) is 5.75 Å². The predicted octanol–water partition coefficient (Wildman–Crippen LogP) is 1.68. The molecule has 0 aliphatic carbocycles. The van der Waals surface area contributed by atoms with Gasteiger partial charge in [-0.05, 0) is 12.8 Å². The van der Waals surface area contributed by atoms with Crippen LogP contribution in [-0.4, -0.2) is 31.3 Å². The maximum Gasteiger partial charge on any atom is 0.139 e. The third kappa shape index (κ3) is 2.83. The van der Waals surface area contributed by atoms with E-state index in [2.05, 4.69) is 10.3 Å². The standard InChI is InChI=1S/C11H16N2O2/c1-12-9-5-11(7-13-6-9)15-8-10-3-2-4-14-10/h5-7,10,12H,2-4,8H2,1H3. The van der Waals surface area contributed by atoms with E-state index >= 15 is 0 Å². The van der Waals surface area contributed by atoms with Gasteiger partial charge in [-0.3, -0.25) is 4.98 Å². The molecule has 1 saturated heterocycles. The van der Waals surface area contributed by atoms with Crippen molar-refractivity contribution >= 4 is 5.69 Å². The quantitative estimate of drug-likeness (QED) is 0.817. The molecule has 2 heterocycles. The highest BCUT2D eigenvalue weighted by Crippen LogP contribution is 2.17. The Balaban J connectivity index is 1.86. The van der Waals surface area contributed by atoms with E-state index in [9.17, 15) is 0 Å². The third-order valence-electron chi connectivity index (χ3n) is 2.46. The van der Waals surface area contributed by atoms with Crippen molar-refractivity contribution in [1.29, 1.82) is 0 Å². The number of hydrogen-bond donors (Lipinski definition) is 1. The van der Waals surface area contributed by atoms with E-state index in [0.717, 1.165) is 30.9 Å². The van der Waals surface area contributed by atoms with E-state index in [1.165, 1.54) is 0 Å². The number of rotatable bonds is 4. The lowest BCUT2D eigenvalue weighted by molar-refractivity contribution is 0.0678. The Bertz CT molecular complexity index is 311. The molecule has 1 aliphatic heterocycles. The van der Waals surface area contributed by atoms with E-state index < -0.39 is 0 Å². The molecule has 0 spiro atoms. The van der Waals surface area contributed by atoms with E-state index in [1.807, 2.05) is 13.1 Å². The molecule has 0 amide bonds. The van der Waals surface area contributed by atoms with Crippen molar-refractivity contribution in [2.24, 2.45) is 0 Å². The molecule has 0 saturated carbocycles. The molecule has 4 nitrogen and oxygen atoms in total. The minimum Gasteiger partial charge on any atom is -0.489 e. The molecule has 1 aromatic heterocycles. The molecular weight excluding hydrogens is 192 g/mol. The Morgan fingerprint density at radius 2 is 2.53 bits per heavy atom. The molecular formula is C11H16N2O2. The molecule has 0 aromatic carbocycles. The van der Waals surface area contributed by atoms with Gasteiger partial charge in [0.05, 0.1) is 24.2 Å². The molecule has 1 N–H and O–H groups in total. The average Bonchev–Trinajstić information content (AvgIpc) is 2.79. The van der Waals surface area contributed by atoms with Gasteiger partial charge in [0.25, 0.3) is 0 Å². The van der Waals surface area contributed by atoms with Crippen LogP contribution in [0.1, 0.15) is 12.8 Å². The van der Waals surface area contributed by atoms with Gasteiger partial charge in [0.15, 0.2) is 0 Å². The summed E-state index contributed by atoms with van der Waals surface area (Å²) in [5, 5.41) is 3.02. The van der Waals surface area contributed by atoms with Gasteiger partial charge in [0.2, 0.25) is 0 Å². The van der Waals surface area contributed by atoms with Crippen molar-refractivity contribution in [3.8, 4) is 5.75 Å². The van der Waals surface area contributed by atoms with E-state index in [-0.39, 0.29) is 6.10 Å². The van der Waals surface area contributed by atoms with Gasteiger partial charge in [-0.1, -0.05) is 0 Å². The first-order valence-electron chi connectivity index (χ1n) is 5.25. The normalized spacial score (nSPS) is 20.2. The summed E-state index contributed by atoms with van der Waals surface area (Å²) in [6, 6.07) is 1.93. The van der Waals surface area contributed by atoms with Crippen LogP contribution in [0.15, 0.2) is 18.5 Å². The maximum absolute atomic E-state index is 5.60. The fourth-order valence-corrected chi connectivity index (χ4v) is 1.60. The first-order chi connectivity index (χ1) is 7.38. The summed E-state index contributed by atoms with van der Waals surface area (Å²) < 4.78 is 11.1. The molecule has 0 radical (unpaired) electrons. The highest BCUT2D eigenvalue weighted by Gasteiger charge is 2.15. The van der Waals surface area contributed by atoms with Gasteiger partial charge >= 0.3 is 0 Å². The SMILES string of the molecule is CNc1cncc(OCC2CCCO2)c1. The smallest absolute Gasteiger partial charge is 0.139 e. The van der Waals surface area contributed by atoms with Gasteiger partial charge in [-0.2, -0.15) is 0 Å². The minimum absolute atomic E-state index is 0.253. The summed E-state index contributed by atoms with van der Waals surface area (Å²) in [6.45, 7) is 1.48. The van der Waals surface area contributed by atoms with Crippen LogP contribution in [0.25, 0.3) is 0 Å². The molecule has 1 fully saturated rings. The number of aromatic nitrogens is 1. The lowest BCUT2D eigenvalue weighted by Gasteiger charge is -2.11. The van der Waals surface area contributed by atoms with Crippen molar-refractivity contribution in [2.75, 3.05) is 25.6 Å². The van der Waals surface area contributed by atoms with Crippen LogP contribution in [0, 0.1) is 0 Å². The Morgan fingerprint density at radius 1 is 1.60 bits per heavy atom. The Kier molecular flexibility index (Phi) is 3.40. The average molecular weight is 208 g/mol. The monoisotopic (exact) mass is 208 g/mol. The second-order valence-electron chi connectivity index (χ2n) is 3.61. The van der Waals surface area contributed by atoms with Crippen LogP contribution >= 0.6 is 0 Å². The lowest BCUT2D eigenvalue weighted by atomic mass is 10.2. The summed E-state index contributed by atoms with van der Waals surface area (Å²) in [5.74, 6) is 0.789. The number of ether oxygens (including phenoxy) is 2. The number of hydrogen-bond acceptors (Lipinski definition) is 4. The molecule has 0 bridgehead atoms. The molecule has 82 valence electrons. The number of nitrogens with zero attached hydrogens (tertiary/aromatic N) is 1. The highest BCUT2D eigenvalue weighted by atomic mass is 16.5. The Labute approximate surface area is 89.6 Å². The van der Waals surface area contributed by atoms with Crippen LogP contribution < -0.4 is 10.1 Å². The molecule has 15 heavy (non-hydrogen) atoms. The Morgan fingerprint density at radius 3 is 3.27 bits per heavy atom. The summed E-state index contributed by atoms with van der Waals surface area (Å²) >= 11 is 0. The van der Waals surface area contributed by atoms with Crippen molar-refractivity contribution in [2.45, 2.75) is 18.9 Å². The van der Waals surface area contributed by atoms with Crippen molar-refractivity contribution < 1.29 is 9.47 Å². The van der Waals surface area contributed by atoms with E-state index in [4.69, 9.17) is 9.47 Å². The summed E-state index contributed by atoms with van der Waals surface area (Å²) in [5.41, 5.74) is 0.958. The first kappa shape index (κ1) is 10.2. The zero-order chi connectivity index (χ0) is 10.5. The fraction of sp³-hybridized carbons (Fsp3) is 0.545. The second-order valence-corrected chi connectivity index (χ2v) is 3.61. The van der Waals surface area contributed by atoms with Crippen molar-refractivity contribution in [1.82, 2.24) is 4.98 Å². The predicted molar refractivity (Wildman–Crippen MR) is 58.3 cm³/mol. The highest BCUT2D eigenvalue weighted by molar-refractivity contribution is 5.44. The number of anilines is 1. The van der Waals surface area contributed by atoms with Gasteiger partial charge in [-0.25, -0.2) is 0 Å². The fourth-order valence-electron chi connectivity index (χ4n) is 1.60. The number of pyridine rings is 1. The molecule has 1 unspecified atom stereocenters. The zero-order valence-corrected chi connectivity index (χ0v) is 8.90. The molecule has 1 aromatic rings. The van der Waals surface area contributed by atoms with E-state index in [0.29, 0.717) is 6.61 Å². The van der Waals surface area contributed by atoms with E-state index in [1.54, 1.807) is 12.4 Å². The molecule has 4 heteroatoms. The molecule has 2 rings (SSSR count). The lowest BCUT2D eigenvalue weighted by Crippen LogP contribution is -2.16. The second kappa shape index (κ2) is 4.98. The van der Waals surface area contributed by atoms with Gasteiger partial charge in [0.1, 0.15) is 12.4 Å². The topological polar surface area (TPSA) is 43.4 Å². The van der Waals surface area contributed by atoms with Crippen molar-refractivity contribution in [3.63, 3.8) is 0 Å². The van der Waals surface area contributed by atoms with Crippen LogP contribution in [0.2, 0.25) is 0 Å². The molecule has 1 aliphatic rings. The van der Waals surface area contributed by atoms with Crippen molar-refractivity contribution in [3.05, 3.63) is 18.5 Å². The summed E-state index contributed by atoms with van der Waals surface area (Å²) in [7, 11) is 1.86. The largest absolute Gasteiger partial charge is 0.489 e. The number of nitrogens with one attached hydrogen (secondary N) is 1. The van der Waals surface area contributed by atoms with Gasteiger partial charge in [-0.15, -0.1) is 0 Å². The summed E-state index contributed by atoms with van der Waals surface area (Å²) in [4.78, 5) is 4.07. The zero-order valence-electron chi connectivity index (χ0n) is 8.90. The summed E-state index contributed by atoms with van der Waals surface area (Å²) in [6.07, 6.45) is 5.97. The van der Waals surface area contributed by atoms with Crippen LogP contribution in [0.4, 0.5) is 5.69 Å². The minimum atomic E-state index is 0.253. The van der Waals surface area contributed by atoms with Gasteiger partial charge < -0.3 is 14.8 Å².